The van der Waals surface area contributed by atoms with Crippen LogP contribution in [0.1, 0.15) is 11.3 Å². The molecule has 8 heteroatoms. The van der Waals surface area contributed by atoms with E-state index in [1.54, 1.807) is 0 Å². The average molecular weight is 348 g/mol. The number of carbonyl (C=O) groups excluding carboxylic acids is 2. The molecule has 0 unspecified atom stereocenters. The first-order valence-electron chi connectivity index (χ1n) is 7.36. The van der Waals surface area contributed by atoms with Gasteiger partial charge in [-0.05, 0) is 0 Å². The molecule has 2 atom stereocenters. The molecule has 3 N–H and O–H groups in total. The van der Waals surface area contributed by atoms with Crippen LogP contribution in [0.2, 0.25) is 0 Å². The Labute approximate surface area is 142 Å². The Morgan fingerprint density at radius 1 is 1.42 bits per heavy atom. The lowest BCUT2D eigenvalue weighted by atomic mass is 10.1. The van der Waals surface area contributed by atoms with Crippen LogP contribution in [0.4, 0.5) is 5.13 Å². The first kappa shape index (κ1) is 16.4. The van der Waals surface area contributed by atoms with Gasteiger partial charge in [0.2, 0.25) is 0 Å². The highest BCUT2D eigenvalue weighted by Gasteiger charge is 2.34. The maximum atomic E-state index is 12.0. The molecule has 0 radical (unpaired) electrons. The Bertz CT molecular complexity index is 746. The maximum Gasteiger partial charge on any atom is 0.311 e. The number of hydrogen-bond donors (Lipinski definition) is 2. The van der Waals surface area contributed by atoms with E-state index in [-0.39, 0.29) is 19.4 Å². The van der Waals surface area contributed by atoms with Gasteiger partial charge >= 0.3 is 11.9 Å². The third-order valence-corrected chi connectivity index (χ3v) is 4.45. The Balaban J connectivity index is 1.64. The van der Waals surface area contributed by atoms with Crippen LogP contribution >= 0.6 is 11.3 Å². The molecule has 7 nitrogen and oxygen atoms in total. The number of nitrogen functional groups attached to an aromatic ring is 1. The Morgan fingerprint density at radius 2 is 2.17 bits per heavy atom. The van der Waals surface area contributed by atoms with Crippen LogP contribution in [0.5, 0.6) is 0 Å². The molecule has 126 valence electrons. The molecule has 1 aliphatic rings. The summed E-state index contributed by atoms with van der Waals surface area (Å²) in [6, 6.07) is 9.42. The molecule has 0 bridgehead atoms. The molecule has 0 spiro atoms. The number of thiazole rings is 1. The highest BCUT2D eigenvalue weighted by atomic mass is 32.1. The summed E-state index contributed by atoms with van der Waals surface area (Å²) in [4.78, 5) is 28.1. The zero-order valence-electron chi connectivity index (χ0n) is 12.7. The predicted octanol–water partition coefficient (Wildman–Crippen LogP) is 1.15. The predicted molar refractivity (Wildman–Crippen MR) is 87.1 cm³/mol. The zero-order valence-corrected chi connectivity index (χ0v) is 13.5. The first-order valence-corrected chi connectivity index (χ1v) is 8.18. The van der Waals surface area contributed by atoms with Crippen LogP contribution in [-0.4, -0.2) is 40.8 Å². The molecular formula is C16H16N2O5S. The third kappa shape index (κ3) is 3.72. The zero-order chi connectivity index (χ0) is 17.1. The molecule has 24 heavy (non-hydrogen) atoms. The van der Waals surface area contributed by atoms with Crippen molar-refractivity contribution in [1.29, 1.82) is 0 Å². The van der Waals surface area contributed by atoms with Gasteiger partial charge in [-0.1, -0.05) is 30.3 Å². The molecule has 1 aromatic heterocycles. The Morgan fingerprint density at radius 3 is 2.83 bits per heavy atom. The number of aromatic nitrogens is 1. The van der Waals surface area contributed by atoms with Crippen LogP contribution in [-0.2, 0) is 25.5 Å². The van der Waals surface area contributed by atoms with Gasteiger partial charge in [0.05, 0.1) is 18.5 Å². The van der Waals surface area contributed by atoms with E-state index in [2.05, 4.69) is 4.98 Å². The molecule has 0 saturated carbocycles. The van der Waals surface area contributed by atoms with Crippen LogP contribution in [0, 0.1) is 0 Å². The van der Waals surface area contributed by atoms with Crippen LogP contribution < -0.4 is 5.73 Å². The van der Waals surface area contributed by atoms with Gasteiger partial charge in [-0.3, -0.25) is 9.59 Å². The third-order valence-electron chi connectivity index (χ3n) is 3.56. The Hall–Kier alpha value is -2.45. The molecule has 0 aliphatic carbocycles. The van der Waals surface area contributed by atoms with E-state index in [1.165, 1.54) is 11.3 Å². The van der Waals surface area contributed by atoms with Gasteiger partial charge in [0.15, 0.2) is 11.2 Å². The number of nitrogens with zero attached hydrogens (tertiary/aromatic N) is 1. The van der Waals surface area contributed by atoms with Crippen molar-refractivity contribution in [2.24, 2.45) is 0 Å². The highest BCUT2D eigenvalue weighted by Crippen LogP contribution is 2.30. The number of carbonyl (C=O) groups is 2. The van der Waals surface area contributed by atoms with Gasteiger partial charge in [0.25, 0.3) is 0 Å². The molecular weight excluding hydrogens is 332 g/mol. The van der Waals surface area contributed by atoms with Gasteiger partial charge in [-0.15, -0.1) is 11.3 Å². The second-order valence-corrected chi connectivity index (χ2v) is 6.46. The second kappa shape index (κ2) is 6.98. The summed E-state index contributed by atoms with van der Waals surface area (Å²) in [5, 5.41) is 9.97. The minimum Gasteiger partial charge on any atom is -0.461 e. The molecule has 1 saturated heterocycles. The number of anilines is 1. The number of rotatable bonds is 5. The fourth-order valence-electron chi connectivity index (χ4n) is 2.41. The summed E-state index contributed by atoms with van der Waals surface area (Å²) in [7, 11) is 0. The van der Waals surface area contributed by atoms with E-state index in [4.69, 9.17) is 15.2 Å². The lowest BCUT2D eigenvalue weighted by Gasteiger charge is -2.13. The maximum absolute atomic E-state index is 12.0. The van der Waals surface area contributed by atoms with Crippen LogP contribution in [0.25, 0.3) is 11.3 Å². The van der Waals surface area contributed by atoms with Gasteiger partial charge in [-0.2, -0.15) is 0 Å². The number of cyclic esters (lactones) is 1. The number of benzene rings is 1. The van der Waals surface area contributed by atoms with E-state index in [9.17, 15) is 14.7 Å². The van der Waals surface area contributed by atoms with Gasteiger partial charge < -0.3 is 20.3 Å². The summed E-state index contributed by atoms with van der Waals surface area (Å²) in [5.74, 6) is -0.990. The fraction of sp³-hybridized carbons (Fsp3) is 0.312. The largest absolute Gasteiger partial charge is 0.461 e. The van der Waals surface area contributed by atoms with Crippen molar-refractivity contribution in [3.63, 3.8) is 0 Å². The first-order chi connectivity index (χ1) is 11.5. The van der Waals surface area contributed by atoms with Crippen LogP contribution in [0.3, 0.4) is 0 Å². The van der Waals surface area contributed by atoms with Crippen LogP contribution in [0.15, 0.2) is 30.3 Å². The smallest absolute Gasteiger partial charge is 0.311 e. The molecule has 1 aromatic carbocycles. The number of hydrogen-bond acceptors (Lipinski definition) is 8. The number of ether oxygens (including phenoxy) is 2. The summed E-state index contributed by atoms with van der Waals surface area (Å²) >= 11 is 1.23. The normalized spacial score (nSPS) is 20.0. The molecule has 2 aromatic rings. The lowest BCUT2D eigenvalue weighted by molar-refractivity contribution is -0.153. The topological polar surface area (TPSA) is 112 Å². The van der Waals surface area contributed by atoms with Gasteiger partial charge in [0, 0.05) is 10.4 Å². The fourth-order valence-corrected chi connectivity index (χ4v) is 3.25. The molecule has 2 heterocycles. The summed E-state index contributed by atoms with van der Waals surface area (Å²) in [5.41, 5.74) is 7.29. The standard InChI is InChI=1S/C16H16N2O5S/c17-16-18-15(9-4-2-1-3-5-9)12(24-16)7-13(20)22-8-11-10(19)6-14(21)23-11/h1-5,10-11,19H,6-8H2,(H2,17,18)/t10-,11+/m0/s1. The molecule has 3 rings (SSSR count). The van der Waals surface area contributed by atoms with Crippen molar-refractivity contribution in [2.45, 2.75) is 25.0 Å². The highest BCUT2D eigenvalue weighted by molar-refractivity contribution is 7.15. The number of aliphatic hydroxyl groups excluding tert-OH is 1. The SMILES string of the molecule is Nc1nc(-c2ccccc2)c(CC(=O)OC[C@H]2OC(=O)C[C@@H]2O)s1. The number of aliphatic hydroxyl groups is 1. The van der Waals surface area contributed by atoms with Crippen molar-refractivity contribution in [3.8, 4) is 11.3 Å². The van der Waals surface area contributed by atoms with E-state index in [0.717, 1.165) is 5.56 Å². The van der Waals surface area contributed by atoms with E-state index >= 15 is 0 Å². The molecule has 1 fully saturated rings. The Kier molecular flexibility index (Phi) is 4.77. The second-order valence-electron chi connectivity index (χ2n) is 5.35. The lowest BCUT2D eigenvalue weighted by Crippen LogP contribution is -2.28. The summed E-state index contributed by atoms with van der Waals surface area (Å²) < 4.78 is 9.99. The minimum absolute atomic E-state index is 0.00978. The summed E-state index contributed by atoms with van der Waals surface area (Å²) in [6.07, 6.45) is -1.81. The molecule has 1 aliphatic heterocycles. The van der Waals surface area contributed by atoms with Gasteiger partial charge in [-0.25, -0.2) is 4.98 Å². The minimum atomic E-state index is -0.941. The average Bonchev–Trinajstić information content (AvgIpc) is 3.07. The van der Waals surface area contributed by atoms with E-state index in [0.29, 0.717) is 15.7 Å². The molecule has 0 amide bonds. The van der Waals surface area contributed by atoms with Crippen molar-refractivity contribution in [1.82, 2.24) is 4.98 Å². The van der Waals surface area contributed by atoms with E-state index in [1.807, 2.05) is 30.3 Å². The van der Waals surface area contributed by atoms with Crippen molar-refractivity contribution < 1.29 is 24.2 Å². The summed E-state index contributed by atoms with van der Waals surface area (Å²) in [6.45, 7) is -0.166. The van der Waals surface area contributed by atoms with Gasteiger partial charge in [0.1, 0.15) is 12.7 Å². The monoisotopic (exact) mass is 348 g/mol. The van der Waals surface area contributed by atoms with E-state index < -0.39 is 24.1 Å². The number of nitrogens with two attached hydrogens (primary N) is 1. The van der Waals surface area contributed by atoms with Crippen molar-refractivity contribution >= 4 is 28.4 Å². The quantitative estimate of drug-likeness (QED) is 0.780. The number of esters is 2. The van der Waals surface area contributed by atoms with Crippen molar-refractivity contribution in [3.05, 3.63) is 35.2 Å². The van der Waals surface area contributed by atoms with Crippen molar-refractivity contribution in [2.75, 3.05) is 12.3 Å².